The Hall–Kier alpha value is -1.55. The SMILES string of the molecule is NC(=N[OH2+])c1cccc2c1CCC2O. The Bertz CT molecular complexity index is 388. The van der Waals surface area contributed by atoms with Crippen LogP contribution in [0.5, 0.6) is 0 Å². The first kappa shape index (κ1) is 9.02. The molecule has 14 heavy (non-hydrogen) atoms. The van der Waals surface area contributed by atoms with E-state index in [1.807, 2.05) is 18.2 Å². The molecule has 0 spiro atoms. The van der Waals surface area contributed by atoms with E-state index in [9.17, 15) is 5.11 Å². The van der Waals surface area contributed by atoms with Crippen LogP contribution in [0.3, 0.4) is 0 Å². The largest absolute Gasteiger partial charge is 0.467 e. The lowest BCUT2D eigenvalue weighted by Crippen LogP contribution is -2.15. The topological polar surface area (TPSA) is 81.5 Å². The molecule has 0 aromatic heterocycles. The van der Waals surface area contributed by atoms with Crippen molar-refractivity contribution in [3.63, 3.8) is 0 Å². The van der Waals surface area contributed by atoms with Crippen LogP contribution in [0.25, 0.3) is 0 Å². The number of rotatable bonds is 1. The number of amidine groups is 1. The van der Waals surface area contributed by atoms with E-state index in [-0.39, 0.29) is 11.9 Å². The van der Waals surface area contributed by atoms with Crippen LogP contribution in [0.4, 0.5) is 0 Å². The molecule has 0 bridgehead atoms. The molecule has 1 aromatic rings. The summed E-state index contributed by atoms with van der Waals surface area (Å²) in [6.07, 6.45) is 1.16. The summed E-state index contributed by atoms with van der Waals surface area (Å²) < 4.78 is 0. The van der Waals surface area contributed by atoms with Gasteiger partial charge in [-0.05, 0) is 24.0 Å². The normalized spacial score (nSPS) is 20.9. The van der Waals surface area contributed by atoms with Crippen LogP contribution in [0.15, 0.2) is 23.4 Å². The molecule has 0 saturated carbocycles. The quantitative estimate of drug-likeness (QED) is 0.285. The van der Waals surface area contributed by atoms with Gasteiger partial charge in [0.15, 0.2) is 0 Å². The number of aliphatic hydroxyl groups excluding tert-OH is 1. The summed E-state index contributed by atoms with van der Waals surface area (Å²) in [4.78, 5) is 0. The molecule has 4 heteroatoms. The van der Waals surface area contributed by atoms with Crippen molar-refractivity contribution >= 4 is 5.84 Å². The lowest BCUT2D eigenvalue weighted by Gasteiger charge is -2.06. The van der Waals surface area contributed by atoms with Gasteiger partial charge in [-0.25, -0.2) is 0 Å². The third kappa shape index (κ3) is 1.24. The van der Waals surface area contributed by atoms with Gasteiger partial charge < -0.3 is 16.0 Å². The summed E-state index contributed by atoms with van der Waals surface area (Å²) in [5.74, 6) is 0.218. The fourth-order valence-electron chi connectivity index (χ4n) is 1.93. The summed E-state index contributed by atoms with van der Waals surface area (Å²) in [7, 11) is 0. The number of nitrogens with two attached hydrogens (primary N) is 1. The first-order valence-corrected chi connectivity index (χ1v) is 4.54. The Balaban J connectivity index is 2.54. The molecule has 2 rings (SSSR count). The van der Waals surface area contributed by atoms with Gasteiger partial charge in [-0.15, -0.1) is 0 Å². The van der Waals surface area contributed by atoms with Gasteiger partial charge in [0.1, 0.15) is 0 Å². The molecular weight excluding hydrogens is 180 g/mol. The molecular formula is C10H13N2O2+. The monoisotopic (exact) mass is 193 g/mol. The summed E-state index contributed by atoms with van der Waals surface area (Å²) in [6, 6.07) is 5.57. The van der Waals surface area contributed by atoms with E-state index in [0.717, 1.165) is 29.5 Å². The zero-order chi connectivity index (χ0) is 10.1. The molecule has 0 saturated heterocycles. The molecule has 0 aliphatic heterocycles. The minimum atomic E-state index is -0.386. The highest BCUT2D eigenvalue weighted by Gasteiger charge is 2.23. The zero-order valence-corrected chi connectivity index (χ0v) is 7.70. The third-order valence-corrected chi connectivity index (χ3v) is 2.64. The van der Waals surface area contributed by atoms with Crippen LogP contribution >= 0.6 is 0 Å². The molecule has 1 aliphatic rings. The van der Waals surface area contributed by atoms with Crippen molar-refractivity contribution in [3.05, 3.63) is 34.9 Å². The second kappa shape index (κ2) is 3.31. The van der Waals surface area contributed by atoms with Gasteiger partial charge in [0.2, 0.25) is 5.84 Å². The van der Waals surface area contributed by atoms with E-state index in [2.05, 4.69) is 5.16 Å². The van der Waals surface area contributed by atoms with E-state index in [1.165, 1.54) is 0 Å². The maximum atomic E-state index is 9.63. The van der Waals surface area contributed by atoms with Crippen LogP contribution in [0.1, 0.15) is 29.2 Å². The summed E-state index contributed by atoms with van der Waals surface area (Å²) in [5, 5.41) is 19.7. The fraction of sp³-hybridized carbons (Fsp3) is 0.300. The highest BCUT2D eigenvalue weighted by Crippen LogP contribution is 2.32. The lowest BCUT2D eigenvalue weighted by atomic mass is 10.0. The zero-order valence-electron chi connectivity index (χ0n) is 7.70. The van der Waals surface area contributed by atoms with Crippen molar-refractivity contribution in [1.82, 2.24) is 0 Å². The van der Waals surface area contributed by atoms with E-state index in [0.29, 0.717) is 0 Å². The first-order valence-electron chi connectivity index (χ1n) is 4.54. The summed E-state index contributed by atoms with van der Waals surface area (Å²) in [6.45, 7) is 0. The minimum absolute atomic E-state index is 0.218. The smallest absolute Gasteiger partial charge is 0.221 e. The molecule has 4 nitrogen and oxygen atoms in total. The van der Waals surface area contributed by atoms with Gasteiger partial charge >= 0.3 is 0 Å². The predicted octanol–water partition coefficient (Wildman–Crippen LogP) is 0.0111. The second-order valence-electron chi connectivity index (χ2n) is 3.42. The maximum absolute atomic E-state index is 9.63. The molecule has 1 unspecified atom stereocenters. The van der Waals surface area contributed by atoms with Gasteiger partial charge in [0, 0.05) is 5.56 Å². The van der Waals surface area contributed by atoms with E-state index in [4.69, 9.17) is 10.9 Å². The molecule has 1 atom stereocenters. The molecule has 0 amide bonds. The molecule has 5 N–H and O–H groups in total. The van der Waals surface area contributed by atoms with Crippen LogP contribution in [0, 0.1) is 0 Å². The Morgan fingerprint density at radius 1 is 1.57 bits per heavy atom. The van der Waals surface area contributed by atoms with Crippen molar-refractivity contribution in [3.8, 4) is 0 Å². The van der Waals surface area contributed by atoms with Gasteiger partial charge in [0.25, 0.3) is 0 Å². The van der Waals surface area contributed by atoms with Gasteiger partial charge in [-0.2, -0.15) is 0 Å². The number of hydrogen-bond acceptors (Lipinski definition) is 2. The van der Waals surface area contributed by atoms with Crippen molar-refractivity contribution in [2.75, 3.05) is 0 Å². The van der Waals surface area contributed by atoms with Gasteiger partial charge in [-0.1, -0.05) is 18.2 Å². The second-order valence-corrected chi connectivity index (χ2v) is 3.42. The molecule has 1 aliphatic carbocycles. The Morgan fingerprint density at radius 2 is 2.36 bits per heavy atom. The van der Waals surface area contributed by atoms with E-state index in [1.54, 1.807) is 0 Å². The Morgan fingerprint density at radius 3 is 3.07 bits per heavy atom. The van der Waals surface area contributed by atoms with Crippen LogP contribution in [-0.2, 0) is 6.42 Å². The highest BCUT2D eigenvalue weighted by molar-refractivity contribution is 5.98. The summed E-state index contributed by atoms with van der Waals surface area (Å²) in [5.41, 5.74) is 8.34. The average Bonchev–Trinajstić information content (AvgIpc) is 2.59. The first-order chi connectivity index (χ1) is 6.74. The number of benzene rings is 1. The lowest BCUT2D eigenvalue weighted by molar-refractivity contribution is 0.180. The van der Waals surface area contributed by atoms with Crippen LogP contribution in [-0.4, -0.2) is 16.1 Å². The average molecular weight is 193 g/mol. The van der Waals surface area contributed by atoms with Crippen LogP contribution in [0.2, 0.25) is 0 Å². The predicted molar refractivity (Wildman–Crippen MR) is 54.1 cm³/mol. The minimum Gasteiger partial charge on any atom is -0.467 e. The molecule has 0 radical (unpaired) electrons. The molecule has 0 fully saturated rings. The third-order valence-electron chi connectivity index (χ3n) is 2.64. The van der Waals surface area contributed by atoms with Gasteiger partial charge in [0.05, 0.1) is 11.3 Å². The number of nitrogens with zero attached hydrogens (tertiary/aromatic N) is 1. The summed E-state index contributed by atoms with van der Waals surface area (Å²) >= 11 is 0. The molecule has 74 valence electrons. The standard InChI is InChI=1S/C10H12N2O2/c11-10(12-14)8-3-1-2-7-6(8)4-5-9(7)13/h1-3,9,13-14H,4-5H2,(H2,11,12)/p+1. The van der Waals surface area contributed by atoms with E-state index < -0.39 is 0 Å². The van der Waals surface area contributed by atoms with Crippen molar-refractivity contribution in [2.45, 2.75) is 18.9 Å². The van der Waals surface area contributed by atoms with E-state index >= 15 is 0 Å². The Labute approximate surface area is 81.7 Å². The fourth-order valence-corrected chi connectivity index (χ4v) is 1.93. The van der Waals surface area contributed by atoms with Gasteiger partial charge in [-0.3, -0.25) is 0 Å². The van der Waals surface area contributed by atoms with Crippen molar-refractivity contribution in [1.29, 1.82) is 0 Å². The highest BCUT2D eigenvalue weighted by atomic mass is 16.4. The number of aliphatic hydroxyl groups is 1. The molecule has 1 aromatic carbocycles. The maximum Gasteiger partial charge on any atom is 0.221 e. The van der Waals surface area contributed by atoms with Crippen LogP contribution < -0.4 is 5.73 Å². The molecule has 0 heterocycles. The Kier molecular flexibility index (Phi) is 2.13. The number of hydrogen-bond donors (Lipinski definition) is 2. The van der Waals surface area contributed by atoms with Crippen molar-refractivity contribution in [2.24, 2.45) is 10.9 Å². The number of fused-ring (bicyclic) bond motifs is 1. The van der Waals surface area contributed by atoms with Crippen molar-refractivity contribution < 1.29 is 10.3 Å².